The van der Waals surface area contributed by atoms with Crippen LogP contribution in [0.2, 0.25) is 0 Å². The molecule has 2 saturated carbocycles. The van der Waals surface area contributed by atoms with Crippen molar-refractivity contribution in [1.29, 1.82) is 0 Å². The van der Waals surface area contributed by atoms with Crippen LogP contribution in [0.3, 0.4) is 0 Å². The lowest BCUT2D eigenvalue weighted by molar-refractivity contribution is 0.0743. The SMILES string of the molecule is CCC1(CC2CCCC(N)C2)CCC1. The molecule has 2 aliphatic rings. The zero-order valence-electron chi connectivity index (χ0n) is 9.60. The molecule has 0 saturated heterocycles. The summed E-state index contributed by atoms with van der Waals surface area (Å²) < 4.78 is 0. The maximum absolute atomic E-state index is 6.04. The highest BCUT2D eigenvalue weighted by Gasteiger charge is 2.37. The molecule has 2 fully saturated rings. The molecule has 0 spiro atoms. The van der Waals surface area contributed by atoms with Crippen LogP contribution in [-0.4, -0.2) is 6.04 Å². The normalized spacial score (nSPS) is 36.4. The van der Waals surface area contributed by atoms with Crippen LogP contribution in [0.25, 0.3) is 0 Å². The van der Waals surface area contributed by atoms with Gasteiger partial charge in [-0.2, -0.15) is 0 Å². The lowest BCUT2D eigenvalue weighted by Crippen LogP contribution is -2.35. The third kappa shape index (κ3) is 2.13. The van der Waals surface area contributed by atoms with Gasteiger partial charge in [-0.1, -0.05) is 32.6 Å². The van der Waals surface area contributed by atoms with Crippen LogP contribution in [-0.2, 0) is 0 Å². The zero-order valence-corrected chi connectivity index (χ0v) is 9.60. The van der Waals surface area contributed by atoms with Crippen molar-refractivity contribution in [3.05, 3.63) is 0 Å². The quantitative estimate of drug-likeness (QED) is 0.733. The molecular weight excluding hydrogens is 170 g/mol. The molecule has 0 aromatic rings. The van der Waals surface area contributed by atoms with Gasteiger partial charge in [0.1, 0.15) is 0 Å². The first-order chi connectivity index (χ1) is 6.74. The average molecular weight is 195 g/mol. The fraction of sp³-hybridized carbons (Fsp3) is 1.00. The Morgan fingerprint density at radius 2 is 2.00 bits per heavy atom. The van der Waals surface area contributed by atoms with Crippen LogP contribution >= 0.6 is 0 Å². The van der Waals surface area contributed by atoms with Gasteiger partial charge in [-0.25, -0.2) is 0 Å². The number of hydrogen-bond acceptors (Lipinski definition) is 1. The van der Waals surface area contributed by atoms with Gasteiger partial charge in [0.15, 0.2) is 0 Å². The third-order valence-electron chi connectivity index (χ3n) is 4.71. The molecular formula is C13H25N. The summed E-state index contributed by atoms with van der Waals surface area (Å²) in [4.78, 5) is 0. The van der Waals surface area contributed by atoms with Crippen molar-refractivity contribution >= 4 is 0 Å². The van der Waals surface area contributed by atoms with Crippen molar-refractivity contribution in [3.63, 3.8) is 0 Å². The van der Waals surface area contributed by atoms with Crippen molar-refractivity contribution in [2.24, 2.45) is 17.1 Å². The van der Waals surface area contributed by atoms with Gasteiger partial charge >= 0.3 is 0 Å². The fourth-order valence-corrected chi connectivity index (χ4v) is 3.51. The van der Waals surface area contributed by atoms with E-state index in [1.165, 1.54) is 57.8 Å². The number of nitrogens with two attached hydrogens (primary N) is 1. The second kappa shape index (κ2) is 4.22. The monoisotopic (exact) mass is 195 g/mol. The van der Waals surface area contributed by atoms with Crippen molar-refractivity contribution in [3.8, 4) is 0 Å². The van der Waals surface area contributed by atoms with Crippen LogP contribution in [0, 0.1) is 11.3 Å². The smallest absolute Gasteiger partial charge is 0.00414 e. The van der Waals surface area contributed by atoms with E-state index < -0.39 is 0 Å². The molecule has 2 N–H and O–H groups in total. The largest absolute Gasteiger partial charge is 0.328 e. The van der Waals surface area contributed by atoms with Gasteiger partial charge in [-0.15, -0.1) is 0 Å². The van der Waals surface area contributed by atoms with E-state index in [0.29, 0.717) is 6.04 Å². The summed E-state index contributed by atoms with van der Waals surface area (Å²) in [5, 5.41) is 0. The summed E-state index contributed by atoms with van der Waals surface area (Å²) in [7, 11) is 0. The first kappa shape index (κ1) is 10.5. The fourth-order valence-electron chi connectivity index (χ4n) is 3.51. The van der Waals surface area contributed by atoms with E-state index in [9.17, 15) is 0 Å². The van der Waals surface area contributed by atoms with Gasteiger partial charge < -0.3 is 5.73 Å². The molecule has 0 amide bonds. The highest BCUT2D eigenvalue weighted by Crippen LogP contribution is 2.50. The summed E-state index contributed by atoms with van der Waals surface area (Å²) in [6.07, 6.45) is 12.8. The standard InChI is InChI=1S/C13H25N/c1-2-13(7-4-8-13)10-11-5-3-6-12(14)9-11/h11-12H,2-10,14H2,1H3. The Hall–Kier alpha value is -0.0400. The Morgan fingerprint density at radius 3 is 2.50 bits per heavy atom. The third-order valence-corrected chi connectivity index (χ3v) is 4.71. The summed E-state index contributed by atoms with van der Waals surface area (Å²) in [6, 6.07) is 0.516. The van der Waals surface area contributed by atoms with E-state index in [0.717, 1.165) is 11.3 Å². The molecule has 0 aromatic heterocycles. The van der Waals surface area contributed by atoms with Crippen molar-refractivity contribution in [1.82, 2.24) is 0 Å². The Morgan fingerprint density at radius 1 is 1.21 bits per heavy atom. The first-order valence-corrected chi connectivity index (χ1v) is 6.50. The van der Waals surface area contributed by atoms with Crippen molar-refractivity contribution in [2.75, 3.05) is 0 Å². The Kier molecular flexibility index (Phi) is 3.16. The maximum atomic E-state index is 6.04. The molecule has 0 bridgehead atoms. The summed E-state index contributed by atoms with van der Waals surface area (Å²) in [5.74, 6) is 0.957. The van der Waals surface area contributed by atoms with Crippen LogP contribution < -0.4 is 5.73 Å². The van der Waals surface area contributed by atoms with Crippen LogP contribution in [0.5, 0.6) is 0 Å². The van der Waals surface area contributed by atoms with Gasteiger partial charge in [0, 0.05) is 6.04 Å². The second-order valence-corrected chi connectivity index (χ2v) is 5.70. The molecule has 82 valence electrons. The predicted octanol–water partition coefficient (Wildman–Crippen LogP) is 3.47. The molecule has 0 radical (unpaired) electrons. The van der Waals surface area contributed by atoms with Crippen LogP contribution in [0.4, 0.5) is 0 Å². The zero-order chi connectivity index (χ0) is 10.0. The van der Waals surface area contributed by atoms with E-state index in [-0.39, 0.29) is 0 Å². The van der Waals surface area contributed by atoms with Gasteiger partial charge in [-0.05, 0) is 43.4 Å². The lowest BCUT2D eigenvalue weighted by atomic mass is 9.61. The van der Waals surface area contributed by atoms with Crippen molar-refractivity contribution < 1.29 is 0 Å². The summed E-state index contributed by atoms with van der Waals surface area (Å²) >= 11 is 0. The predicted molar refractivity (Wildman–Crippen MR) is 61.1 cm³/mol. The average Bonchev–Trinajstić information content (AvgIpc) is 2.11. The molecule has 2 aliphatic carbocycles. The van der Waals surface area contributed by atoms with Crippen molar-refractivity contribution in [2.45, 2.75) is 70.8 Å². The molecule has 1 nitrogen and oxygen atoms in total. The minimum atomic E-state index is 0.516. The topological polar surface area (TPSA) is 26.0 Å². The second-order valence-electron chi connectivity index (χ2n) is 5.70. The lowest BCUT2D eigenvalue weighted by Gasteiger charge is -2.45. The minimum Gasteiger partial charge on any atom is -0.328 e. The Balaban J connectivity index is 1.83. The van der Waals surface area contributed by atoms with Gasteiger partial charge in [0.05, 0.1) is 0 Å². The molecule has 14 heavy (non-hydrogen) atoms. The molecule has 2 rings (SSSR count). The van der Waals surface area contributed by atoms with Gasteiger partial charge in [0.2, 0.25) is 0 Å². The van der Waals surface area contributed by atoms with Gasteiger partial charge in [-0.3, -0.25) is 0 Å². The molecule has 0 aliphatic heterocycles. The summed E-state index contributed by atoms with van der Waals surface area (Å²) in [5.41, 5.74) is 6.80. The highest BCUT2D eigenvalue weighted by atomic mass is 14.6. The molecule has 0 aromatic carbocycles. The maximum Gasteiger partial charge on any atom is 0.00414 e. The van der Waals surface area contributed by atoms with E-state index in [1.807, 2.05) is 0 Å². The summed E-state index contributed by atoms with van der Waals surface area (Å²) in [6.45, 7) is 2.38. The van der Waals surface area contributed by atoms with Crippen LogP contribution in [0.15, 0.2) is 0 Å². The Bertz CT molecular complexity index is 178. The van der Waals surface area contributed by atoms with E-state index in [1.54, 1.807) is 0 Å². The van der Waals surface area contributed by atoms with E-state index in [2.05, 4.69) is 6.92 Å². The molecule has 0 heterocycles. The van der Waals surface area contributed by atoms with Gasteiger partial charge in [0.25, 0.3) is 0 Å². The molecule has 1 heteroatoms. The first-order valence-electron chi connectivity index (χ1n) is 6.50. The van der Waals surface area contributed by atoms with Crippen LogP contribution in [0.1, 0.15) is 64.7 Å². The van der Waals surface area contributed by atoms with E-state index in [4.69, 9.17) is 5.73 Å². The minimum absolute atomic E-state index is 0.516. The number of rotatable bonds is 3. The molecule has 2 atom stereocenters. The number of hydrogen-bond donors (Lipinski definition) is 1. The highest BCUT2D eigenvalue weighted by molar-refractivity contribution is 4.90. The Labute approximate surface area is 88.4 Å². The van der Waals surface area contributed by atoms with E-state index >= 15 is 0 Å². The molecule has 2 unspecified atom stereocenters.